The van der Waals surface area contributed by atoms with E-state index in [9.17, 15) is 25.2 Å². The predicted molar refractivity (Wildman–Crippen MR) is 108 cm³/mol. The molecular formula is C22H31NO8. The van der Waals surface area contributed by atoms with E-state index in [1.54, 1.807) is 19.1 Å². The average Bonchev–Trinajstić information content (AvgIpc) is 3.23. The molecule has 0 bridgehead atoms. The standard InChI is InChI=1S/C22H31NO8/c1-11(25)23-15-9-17(30-16-4-2-3-14(15)16)12-5-7-13(8-6-12)29-22-21(28)20(27)19(26)18(10-24)31-22/h5-8,14-22,24,26-28H,2-4,9-10H2,1H3,(H,23,25)/t14-,15+,16+,17+,18+,19+,20-,21-,22-/m0/s1. The molecule has 0 unspecified atom stereocenters. The maximum absolute atomic E-state index is 11.6. The van der Waals surface area contributed by atoms with Crippen LogP contribution >= 0.6 is 0 Å². The molecule has 5 N–H and O–H groups in total. The number of nitrogens with one attached hydrogen (secondary N) is 1. The van der Waals surface area contributed by atoms with Crippen molar-refractivity contribution < 1.29 is 39.4 Å². The highest BCUT2D eigenvalue weighted by Gasteiger charge is 2.45. The summed E-state index contributed by atoms with van der Waals surface area (Å²) in [6, 6.07) is 7.25. The number of hydrogen-bond donors (Lipinski definition) is 5. The first-order chi connectivity index (χ1) is 14.9. The maximum atomic E-state index is 11.6. The summed E-state index contributed by atoms with van der Waals surface area (Å²) >= 11 is 0. The Morgan fingerprint density at radius 1 is 1.10 bits per heavy atom. The Kier molecular flexibility index (Phi) is 6.80. The van der Waals surface area contributed by atoms with Crippen molar-refractivity contribution in [2.75, 3.05) is 6.61 Å². The Balaban J connectivity index is 1.42. The molecule has 3 aliphatic rings. The van der Waals surface area contributed by atoms with Crippen LogP contribution in [0, 0.1) is 5.92 Å². The Morgan fingerprint density at radius 2 is 1.84 bits per heavy atom. The number of rotatable bonds is 5. The molecule has 172 valence electrons. The fourth-order valence-electron chi connectivity index (χ4n) is 4.96. The monoisotopic (exact) mass is 437 g/mol. The summed E-state index contributed by atoms with van der Waals surface area (Å²) in [5.74, 6) is 0.731. The van der Waals surface area contributed by atoms with Crippen molar-refractivity contribution in [2.24, 2.45) is 5.92 Å². The van der Waals surface area contributed by atoms with Crippen molar-refractivity contribution in [1.29, 1.82) is 0 Å². The van der Waals surface area contributed by atoms with Gasteiger partial charge in [-0.05, 0) is 37.0 Å². The first-order valence-corrected chi connectivity index (χ1v) is 10.9. The van der Waals surface area contributed by atoms with Crippen LogP contribution in [0.25, 0.3) is 0 Å². The second-order valence-corrected chi connectivity index (χ2v) is 8.68. The normalized spacial score (nSPS) is 40.2. The van der Waals surface area contributed by atoms with Crippen molar-refractivity contribution in [3.63, 3.8) is 0 Å². The Labute approximate surface area is 180 Å². The zero-order chi connectivity index (χ0) is 22.1. The van der Waals surface area contributed by atoms with Crippen LogP contribution in [-0.2, 0) is 14.3 Å². The van der Waals surface area contributed by atoms with Crippen LogP contribution in [-0.4, -0.2) is 75.8 Å². The molecule has 9 atom stereocenters. The summed E-state index contributed by atoms with van der Waals surface area (Å²) in [4.78, 5) is 11.6. The van der Waals surface area contributed by atoms with Crippen LogP contribution < -0.4 is 10.1 Å². The summed E-state index contributed by atoms with van der Waals surface area (Å²) in [5, 5.41) is 42.3. The van der Waals surface area contributed by atoms with Crippen LogP contribution in [0.5, 0.6) is 5.75 Å². The van der Waals surface area contributed by atoms with Crippen LogP contribution in [0.2, 0.25) is 0 Å². The molecule has 9 heteroatoms. The zero-order valence-corrected chi connectivity index (χ0v) is 17.5. The molecule has 2 saturated heterocycles. The van der Waals surface area contributed by atoms with E-state index in [0.29, 0.717) is 18.1 Å². The minimum absolute atomic E-state index is 0.0282. The molecular weight excluding hydrogens is 406 g/mol. The lowest BCUT2D eigenvalue weighted by Gasteiger charge is -2.40. The van der Waals surface area contributed by atoms with Gasteiger partial charge in [-0.2, -0.15) is 0 Å². The molecule has 31 heavy (non-hydrogen) atoms. The Bertz CT molecular complexity index is 756. The van der Waals surface area contributed by atoms with Gasteiger partial charge in [0.15, 0.2) is 0 Å². The van der Waals surface area contributed by atoms with E-state index in [4.69, 9.17) is 14.2 Å². The molecule has 1 aromatic rings. The Hall–Kier alpha value is -1.75. The number of hydrogen-bond acceptors (Lipinski definition) is 8. The number of aliphatic hydroxyl groups is 4. The predicted octanol–water partition coefficient (Wildman–Crippen LogP) is 0.000100. The lowest BCUT2D eigenvalue weighted by Crippen LogP contribution is -2.60. The van der Waals surface area contributed by atoms with Crippen molar-refractivity contribution in [3.8, 4) is 5.75 Å². The van der Waals surface area contributed by atoms with Gasteiger partial charge in [0.2, 0.25) is 12.2 Å². The van der Waals surface area contributed by atoms with E-state index in [1.165, 1.54) is 0 Å². The molecule has 1 amide bonds. The van der Waals surface area contributed by atoms with E-state index < -0.39 is 37.3 Å². The van der Waals surface area contributed by atoms with Gasteiger partial charge in [0.1, 0.15) is 30.2 Å². The topological polar surface area (TPSA) is 138 Å². The number of fused-ring (bicyclic) bond motifs is 1. The summed E-state index contributed by atoms with van der Waals surface area (Å²) in [5.41, 5.74) is 0.960. The molecule has 4 rings (SSSR count). The van der Waals surface area contributed by atoms with Gasteiger partial charge >= 0.3 is 0 Å². The number of aliphatic hydroxyl groups excluding tert-OH is 4. The molecule has 1 saturated carbocycles. The van der Waals surface area contributed by atoms with Crippen LogP contribution in [0.15, 0.2) is 24.3 Å². The fourth-order valence-corrected chi connectivity index (χ4v) is 4.96. The van der Waals surface area contributed by atoms with E-state index in [-0.39, 0.29) is 24.2 Å². The number of benzene rings is 1. The highest BCUT2D eigenvalue weighted by molar-refractivity contribution is 5.73. The van der Waals surface area contributed by atoms with E-state index in [2.05, 4.69) is 5.32 Å². The third-order valence-corrected chi connectivity index (χ3v) is 6.57. The summed E-state index contributed by atoms with van der Waals surface area (Å²) in [6.07, 6.45) is -2.77. The van der Waals surface area contributed by atoms with Crippen molar-refractivity contribution >= 4 is 5.91 Å². The van der Waals surface area contributed by atoms with E-state index in [0.717, 1.165) is 24.8 Å². The largest absolute Gasteiger partial charge is 0.462 e. The van der Waals surface area contributed by atoms with Gasteiger partial charge in [0.25, 0.3) is 0 Å². The van der Waals surface area contributed by atoms with Gasteiger partial charge < -0.3 is 40.0 Å². The van der Waals surface area contributed by atoms with Gasteiger partial charge in [0.05, 0.1) is 18.8 Å². The van der Waals surface area contributed by atoms with E-state index >= 15 is 0 Å². The summed E-state index contributed by atoms with van der Waals surface area (Å²) in [7, 11) is 0. The molecule has 3 fully saturated rings. The van der Waals surface area contributed by atoms with Gasteiger partial charge in [-0.25, -0.2) is 0 Å². The smallest absolute Gasteiger partial charge is 0.229 e. The van der Waals surface area contributed by atoms with Crippen LogP contribution in [0.3, 0.4) is 0 Å². The van der Waals surface area contributed by atoms with Crippen LogP contribution in [0.1, 0.15) is 44.3 Å². The fraction of sp³-hybridized carbons (Fsp3) is 0.682. The average molecular weight is 437 g/mol. The molecule has 1 aromatic carbocycles. The first-order valence-electron chi connectivity index (χ1n) is 10.9. The van der Waals surface area contributed by atoms with Gasteiger partial charge in [-0.3, -0.25) is 4.79 Å². The number of ether oxygens (including phenoxy) is 3. The highest BCUT2D eigenvalue weighted by Crippen LogP contribution is 2.42. The second kappa shape index (κ2) is 9.40. The minimum atomic E-state index is -1.49. The molecule has 2 heterocycles. The molecule has 9 nitrogen and oxygen atoms in total. The van der Waals surface area contributed by atoms with Gasteiger partial charge in [0, 0.05) is 18.9 Å². The highest BCUT2D eigenvalue weighted by atomic mass is 16.7. The maximum Gasteiger partial charge on any atom is 0.229 e. The SMILES string of the molecule is CC(=O)N[C@@H]1C[C@H](c2ccc(O[C@H]3O[C@H](CO)[C@@H](O)[C@H](O)[C@@H]3O)cc2)O[C@@H]2CCC[C@@H]12. The minimum Gasteiger partial charge on any atom is -0.462 e. The molecule has 0 spiro atoms. The van der Waals surface area contributed by atoms with Crippen molar-refractivity contribution in [2.45, 2.75) is 81.6 Å². The lowest BCUT2D eigenvalue weighted by molar-refractivity contribution is -0.277. The summed E-state index contributed by atoms with van der Waals surface area (Å²) < 4.78 is 17.4. The van der Waals surface area contributed by atoms with Gasteiger partial charge in [-0.1, -0.05) is 18.6 Å². The zero-order valence-electron chi connectivity index (χ0n) is 17.5. The number of carbonyl (C=O) groups is 1. The molecule has 0 aromatic heterocycles. The number of amides is 1. The first kappa shape index (κ1) is 22.4. The molecule has 0 radical (unpaired) electrons. The van der Waals surface area contributed by atoms with Crippen LogP contribution in [0.4, 0.5) is 0 Å². The lowest BCUT2D eigenvalue weighted by atomic mass is 9.86. The Morgan fingerprint density at radius 3 is 2.52 bits per heavy atom. The second-order valence-electron chi connectivity index (χ2n) is 8.68. The molecule has 2 aliphatic heterocycles. The third-order valence-electron chi connectivity index (χ3n) is 6.57. The summed E-state index contributed by atoms with van der Waals surface area (Å²) in [6.45, 7) is 1.03. The van der Waals surface area contributed by atoms with E-state index in [1.807, 2.05) is 12.1 Å². The quantitative estimate of drug-likeness (QED) is 0.434. The number of carbonyl (C=O) groups excluding carboxylic acids is 1. The third kappa shape index (κ3) is 4.72. The van der Waals surface area contributed by atoms with Gasteiger partial charge in [-0.15, -0.1) is 0 Å². The van der Waals surface area contributed by atoms with Crippen molar-refractivity contribution in [1.82, 2.24) is 5.32 Å². The van der Waals surface area contributed by atoms with Crippen molar-refractivity contribution in [3.05, 3.63) is 29.8 Å². The molecule has 1 aliphatic carbocycles.